The molecule has 1 aromatic rings. The van der Waals surface area contributed by atoms with Crippen molar-refractivity contribution in [1.29, 1.82) is 0 Å². The van der Waals surface area contributed by atoms with Crippen molar-refractivity contribution < 1.29 is 4.79 Å². The molecule has 0 radical (unpaired) electrons. The number of hydrogen-bond donors (Lipinski definition) is 2. The molecule has 24 heavy (non-hydrogen) atoms. The molecule has 1 aromatic carbocycles. The molecule has 0 heterocycles. The molecule has 3 atom stereocenters. The molecule has 0 aromatic heterocycles. The first-order valence-electron chi connectivity index (χ1n) is 8.81. The minimum Gasteiger partial charge on any atom is -0.360 e. The Hall–Kier alpha value is -1.62. The smallest absolute Gasteiger partial charge is 0.243 e. The van der Waals surface area contributed by atoms with Gasteiger partial charge in [-0.05, 0) is 74.4 Å². The zero-order valence-electron chi connectivity index (χ0n) is 14.8. The molecule has 4 nitrogen and oxygen atoms in total. The third kappa shape index (κ3) is 3.89. The zero-order valence-corrected chi connectivity index (χ0v) is 15.6. The summed E-state index contributed by atoms with van der Waals surface area (Å²) in [5.41, 5.74) is 3.08. The van der Waals surface area contributed by atoms with Crippen LogP contribution < -0.4 is 10.6 Å². The molecule has 0 aliphatic heterocycles. The maximum Gasteiger partial charge on any atom is 0.243 e. The van der Waals surface area contributed by atoms with E-state index in [9.17, 15) is 4.79 Å². The average molecular weight is 346 g/mol. The van der Waals surface area contributed by atoms with Crippen LogP contribution in [0, 0.1) is 25.7 Å². The Morgan fingerprint density at radius 3 is 2.75 bits per heavy atom. The molecule has 1 amide bonds. The third-order valence-electron chi connectivity index (χ3n) is 5.44. The van der Waals surface area contributed by atoms with Crippen LogP contribution in [-0.4, -0.2) is 35.6 Å². The molecule has 0 saturated heterocycles. The standard InChI is InChI=1S/C19H27N3OS/c1-12-4-5-13(2)16(8-12)20-18(23)11-22(3)19(24)21-17-10-14-6-7-15(17)9-14/h4-5,8,14-15,17H,6-7,9-11H2,1-3H3,(H,20,23)(H,21,24)/t14-,15-,17-/m0/s1. The number of aryl methyl sites for hydroxylation is 2. The third-order valence-corrected chi connectivity index (χ3v) is 5.87. The Morgan fingerprint density at radius 2 is 2.08 bits per heavy atom. The number of likely N-dealkylation sites (N-methyl/N-ethyl adjacent to an activating group) is 1. The first-order chi connectivity index (χ1) is 11.4. The highest BCUT2D eigenvalue weighted by atomic mass is 32.1. The number of anilines is 1. The van der Waals surface area contributed by atoms with Crippen molar-refractivity contribution >= 4 is 28.9 Å². The second-order valence-corrected chi connectivity index (χ2v) is 7.84. The quantitative estimate of drug-likeness (QED) is 0.823. The van der Waals surface area contributed by atoms with Gasteiger partial charge in [-0.3, -0.25) is 4.79 Å². The highest BCUT2D eigenvalue weighted by Crippen LogP contribution is 2.44. The van der Waals surface area contributed by atoms with E-state index in [1.54, 1.807) is 0 Å². The van der Waals surface area contributed by atoms with Crippen LogP contribution in [0.15, 0.2) is 18.2 Å². The number of benzene rings is 1. The summed E-state index contributed by atoms with van der Waals surface area (Å²) < 4.78 is 0. The van der Waals surface area contributed by atoms with Crippen molar-refractivity contribution in [2.45, 2.75) is 45.6 Å². The van der Waals surface area contributed by atoms with Crippen LogP contribution in [0.2, 0.25) is 0 Å². The Morgan fingerprint density at radius 1 is 1.29 bits per heavy atom. The van der Waals surface area contributed by atoms with Gasteiger partial charge in [0.05, 0.1) is 6.54 Å². The van der Waals surface area contributed by atoms with E-state index in [-0.39, 0.29) is 12.5 Å². The van der Waals surface area contributed by atoms with Crippen LogP contribution in [-0.2, 0) is 4.79 Å². The van der Waals surface area contributed by atoms with E-state index in [1.807, 2.05) is 44.0 Å². The molecule has 2 fully saturated rings. The summed E-state index contributed by atoms with van der Waals surface area (Å²) in [5.74, 6) is 1.61. The van der Waals surface area contributed by atoms with Gasteiger partial charge in [0.25, 0.3) is 0 Å². The molecule has 2 aliphatic rings. The Balaban J connectivity index is 1.50. The van der Waals surface area contributed by atoms with E-state index in [0.29, 0.717) is 11.2 Å². The highest BCUT2D eigenvalue weighted by molar-refractivity contribution is 7.80. The van der Waals surface area contributed by atoms with Crippen LogP contribution in [0.1, 0.15) is 36.8 Å². The van der Waals surface area contributed by atoms with E-state index >= 15 is 0 Å². The second kappa shape index (κ2) is 7.09. The number of carbonyl (C=O) groups is 1. The van der Waals surface area contributed by atoms with E-state index in [0.717, 1.165) is 28.7 Å². The normalized spacial score (nSPS) is 24.7. The number of nitrogens with zero attached hydrogens (tertiary/aromatic N) is 1. The molecule has 5 heteroatoms. The predicted molar refractivity (Wildman–Crippen MR) is 102 cm³/mol. The number of amides is 1. The van der Waals surface area contributed by atoms with Gasteiger partial charge in [-0.2, -0.15) is 0 Å². The highest BCUT2D eigenvalue weighted by Gasteiger charge is 2.39. The molecule has 0 unspecified atom stereocenters. The van der Waals surface area contributed by atoms with Crippen molar-refractivity contribution in [3.05, 3.63) is 29.3 Å². The largest absolute Gasteiger partial charge is 0.360 e. The molecule has 0 spiro atoms. The predicted octanol–water partition coefficient (Wildman–Crippen LogP) is 3.24. The lowest BCUT2D eigenvalue weighted by atomic mass is 9.95. The number of carbonyl (C=O) groups excluding carboxylic acids is 1. The van der Waals surface area contributed by atoms with Gasteiger partial charge in [-0.15, -0.1) is 0 Å². The van der Waals surface area contributed by atoms with Crippen molar-refractivity contribution in [2.24, 2.45) is 11.8 Å². The van der Waals surface area contributed by atoms with Crippen LogP contribution >= 0.6 is 12.2 Å². The average Bonchev–Trinajstić information content (AvgIpc) is 3.13. The minimum absolute atomic E-state index is 0.0386. The van der Waals surface area contributed by atoms with Gasteiger partial charge in [-0.1, -0.05) is 18.6 Å². The lowest BCUT2D eigenvalue weighted by Gasteiger charge is -2.28. The van der Waals surface area contributed by atoms with Crippen molar-refractivity contribution in [3.8, 4) is 0 Å². The molecular weight excluding hydrogens is 318 g/mol. The minimum atomic E-state index is -0.0386. The Labute approximate surface area is 150 Å². The fraction of sp³-hybridized carbons (Fsp3) is 0.579. The first kappa shape index (κ1) is 17.2. The molecule has 2 saturated carbocycles. The van der Waals surface area contributed by atoms with E-state index in [1.165, 1.54) is 25.7 Å². The summed E-state index contributed by atoms with van der Waals surface area (Å²) in [6.07, 6.45) is 5.27. The van der Waals surface area contributed by atoms with Crippen LogP contribution in [0.5, 0.6) is 0 Å². The molecule has 2 aliphatic carbocycles. The summed E-state index contributed by atoms with van der Waals surface area (Å²) in [6, 6.07) is 6.57. The summed E-state index contributed by atoms with van der Waals surface area (Å²) in [7, 11) is 1.88. The lowest BCUT2D eigenvalue weighted by molar-refractivity contribution is -0.116. The first-order valence-corrected chi connectivity index (χ1v) is 9.22. The Bertz CT molecular complexity index is 645. The van der Waals surface area contributed by atoms with Gasteiger partial charge in [0.2, 0.25) is 5.91 Å². The van der Waals surface area contributed by atoms with Crippen LogP contribution in [0.3, 0.4) is 0 Å². The summed E-state index contributed by atoms with van der Waals surface area (Å²) >= 11 is 5.49. The fourth-order valence-corrected chi connectivity index (χ4v) is 4.25. The maximum atomic E-state index is 12.3. The van der Waals surface area contributed by atoms with Crippen molar-refractivity contribution in [2.75, 3.05) is 18.9 Å². The topological polar surface area (TPSA) is 44.4 Å². The van der Waals surface area contributed by atoms with Gasteiger partial charge in [0.15, 0.2) is 5.11 Å². The van der Waals surface area contributed by atoms with Gasteiger partial charge in [0.1, 0.15) is 0 Å². The molecule has 3 rings (SSSR count). The van der Waals surface area contributed by atoms with E-state index in [2.05, 4.69) is 10.6 Å². The van der Waals surface area contributed by atoms with E-state index in [4.69, 9.17) is 12.2 Å². The Kier molecular flexibility index (Phi) is 5.09. The van der Waals surface area contributed by atoms with Crippen LogP contribution in [0.4, 0.5) is 5.69 Å². The zero-order chi connectivity index (χ0) is 17.3. The molecule has 2 bridgehead atoms. The molecule has 2 N–H and O–H groups in total. The number of fused-ring (bicyclic) bond motifs is 2. The van der Waals surface area contributed by atoms with Gasteiger partial charge < -0.3 is 15.5 Å². The summed E-state index contributed by atoms with van der Waals surface area (Å²) in [6.45, 7) is 4.29. The summed E-state index contributed by atoms with van der Waals surface area (Å²) in [4.78, 5) is 14.2. The SMILES string of the molecule is Cc1ccc(C)c(NC(=O)CN(C)C(=S)N[C@H]2C[C@H]3CC[C@H]2C3)c1. The number of hydrogen-bond acceptors (Lipinski definition) is 2. The van der Waals surface area contributed by atoms with Gasteiger partial charge >= 0.3 is 0 Å². The lowest BCUT2D eigenvalue weighted by Crippen LogP contribution is -2.47. The van der Waals surface area contributed by atoms with Gasteiger partial charge in [-0.25, -0.2) is 0 Å². The second-order valence-electron chi connectivity index (χ2n) is 7.45. The fourth-order valence-electron chi connectivity index (χ4n) is 4.04. The van der Waals surface area contributed by atoms with Crippen molar-refractivity contribution in [3.63, 3.8) is 0 Å². The molecular formula is C19H27N3OS. The van der Waals surface area contributed by atoms with Crippen molar-refractivity contribution in [1.82, 2.24) is 10.2 Å². The maximum absolute atomic E-state index is 12.3. The molecule has 130 valence electrons. The number of thiocarbonyl (C=S) groups is 1. The monoisotopic (exact) mass is 345 g/mol. The van der Waals surface area contributed by atoms with E-state index < -0.39 is 0 Å². The number of nitrogens with one attached hydrogen (secondary N) is 2. The van der Waals surface area contributed by atoms with Gasteiger partial charge in [0, 0.05) is 18.8 Å². The summed E-state index contributed by atoms with van der Waals surface area (Å²) in [5, 5.41) is 7.15. The number of rotatable bonds is 4. The van der Waals surface area contributed by atoms with Crippen LogP contribution in [0.25, 0.3) is 0 Å².